The molecule has 1 aliphatic rings. The van der Waals surface area contributed by atoms with Gasteiger partial charge in [-0.15, -0.1) is 13.2 Å². The zero-order valence-electron chi connectivity index (χ0n) is 15.2. The molecular weight excluding hydrogens is 393 g/mol. The van der Waals surface area contributed by atoms with Gasteiger partial charge in [0.05, 0.1) is 25.4 Å². The maximum Gasteiger partial charge on any atom is 0.573 e. The molecular formula is C19H19F3N2O5. The van der Waals surface area contributed by atoms with Crippen molar-refractivity contribution in [1.82, 2.24) is 9.88 Å². The minimum atomic E-state index is -4.80. The van der Waals surface area contributed by atoms with Crippen molar-refractivity contribution >= 4 is 6.09 Å². The Hall–Kier alpha value is -3.01. The van der Waals surface area contributed by atoms with Crippen molar-refractivity contribution < 1.29 is 37.3 Å². The van der Waals surface area contributed by atoms with Crippen molar-refractivity contribution in [1.29, 1.82) is 0 Å². The molecule has 0 bridgehead atoms. The molecule has 10 heteroatoms. The monoisotopic (exact) mass is 412 g/mol. The van der Waals surface area contributed by atoms with Crippen molar-refractivity contribution in [3.8, 4) is 11.6 Å². The van der Waals surface area contributed by atoms with Crippen LogP contribution in [-0.2, 0) is 11.3 Å². The standard InChI is InChI=1S/C19H19F3N2O5/c20-19(21,22)29-15-6-7-17(23-9-15)28-16-8-14(11-25)24(10-16)18(26)27-12-13-4-2-1-3-5-13/h1-7,9,14,16,25H,8,10-12H2/t14-,16-/m0/s1. The lowest BCUT2D eigenvalue weighted by molar-refractivity contribution is -0.274. The predicted octanol–water partition coefficient (Wildman–Crippen LogP) is 3.13. The molecule has 0 saturated carbocycles. The van der Waals surface area contributed by atoms with Gasteiger partial charge in [-0.25, -0.2) is 9.78 Å². The Morgan fingerprint density at radius 2 is 1.97 bits per heavy atom. The van der Waals surface area contributed by atoms with Gasteiger partial charge in [0.1, 0.15) is 18.5 Å². The zero-order chi connectivity index (χ0) is 20.9. The van der Waals surface area contributed by atoms with Gasteiger partial charge in [-0.1, -0.05) is 30.3 Å². The fraction of sp³-hybridized carbons (Fsp3) is 0.368. The van der Waals surface area contributed by atoms with E-state index in [9.17, 15) is 23.1 Å². The van der Waals surface area contributed by atoms with Gasteiger partial charge in [0.2, 0.25) is 5.88 Å². The first-order valence-electron chi connectivity index (χ1n) is 8.80. The lowest BCUT2D eigenvalue weighted by Gasteiger charge is -2.21. The number of benzene rings is 1. The molecule has 2 aromatic rings. The summed E-state index contributed by atoms with van der Waals surface area (Å²) in [6.45, 7) is -0.0184. The molecule has 1 aromatic heterocycles. The van der Waals surface area contributed by atoms with E-state index in [1.165, 1.54) is 11.0 Å². The summed E-state index contributed by atoms with van der Waals surface area (Å²) in [5.74, 6) is -0.378. The third-order valence-electron chi connectivity index (χ3n) is 4.26. The lowest BCUT2D eigenvalue weighted by atomic mass is 10.2. The fourth-order valence-corrected chi connectivity index (χ4v) is 2.96. The third kappa shape index (κ3) is 5.98. The van der Waals surface area contributed by atoms with Crippen molar-refractivity contribution in [2.24, 2.45) is 0 Å². The fourth-order valence-electron chi connectivity index (χ4n) is 2.96. The molecule has 2 atom stereocenters. The number of aromatic nitrogens is 1. The number of hydrogen-bond acceptors (Lipinski definition) is 6. The largest absolute Gasteiger partial charge is 0.573 e. The number of aliphatic hydroxyl groups is 1. The Kier molecular flexibility index (Phi) is 6.42. The first-order chi connectivity index (χ1) is 13.8. The van der Waals surface area contributed by atoms with E-state index in [1.807, 2.05) is 30.3 Å². The molecule has 1 aliphatic heterocycles. The summed E-state index contributed by atoms with van der Waals surface area (Å²) in [5, 5.41) is 9.56. The van der Waals surface area contributed by atoms with Crippen LogP contribution >= 0.6 is 0 Å². The maximum absolute atomic E-state index is 12.4. The highest BCUT2D eigenvalue weighted by atomic mass is 19.4. The molecule has 156 valence electrons. The molecule has 3 rings (SSSR count). The number of hydrogen-bond donors (Lipinski definition) is 1. The molecule has 7 nitrogen and oxygen atoms in total. The van der Waals surface area contributed by atoms with Gasteiger partial charge in [0, 0.05) is 12.5 Å². The predicted molar refractivity (Wildman–Crippen MR) is 94.2 cm³/mol. The number of pyridine rings is 1. The van der Waals surface area contributed by atoms with Crippen LogP contribution in [0, 0.1) is 0 Å². The third-order valence-corrected chi connectivity index (χ3v) is 4.26. The Bertz CT molecular complexity index is 802. The van der Waals surface area contributed by atoms with Crippen LogP contribution < -0.4 is 9.47 Å². The van der Waals surface area contributed by atoms with Gasteiger partial charge in [-0.3, -0.25) is 4.90 Å². The second-order valence-corrected chi connectivity index (χ2v) is 6.38. The summed E-state index contributed by atoms with van der Waals surface area (Å²) in [7, 11) is 0. The van der Waals surface area contributed by atoms with E-state index >= 15 is 0 Å². The number of alkyl halides is 3. The van der Waals surface area contributed by atoms with E-state index in [1.54, 1.807) is 0 Å². The SMILES string of the molecule is O=C(OCc1ccccc1)N1C[C@@H](Oc2ccc(OC(F)(F)F)cn2)C[C@H]1CO. The topological polar surface area (TPSA) is 81.1 Å². The number of nitrogens with zero attached hydrogens (tertiary/aromatic N) is 2. The summed E-state index contributed by atoms with van der Waals surface area (Å²) < 4.78 is 51.2. The van der Waals surface area contributed by atoms with E-state index in [0.717, 1.165) is 17.8 Å². The zero-order valence-corrected chi connectivity index (χ0v) is 15.2. The van der Waals surface area contributed by atoms with E-state index < -0.39 is 30.4 Å². The van der Waals surface area contributed by atoms with E-state index in [4.69, 9.17) is 9.47 Å². The molecule has 0 spiro atoms. The molecule has 0 unspecified atom stereocenters. The number of halogens is 3. The highest BCUT2D eigenvalue weighted by Crippen LogP contribution is 2.26. The van der Waals surface area contributed by atoms with Gasteiger partial charge in [-0.05, 0) is 11.6 Å². The van der Waals surface area contributed by atoms with Crippen LogP contribution in [0.25, 0.3) is 0 Å². The van der Waals surface area contributed by atoms with Gasteiger partial charge in [0.15, 0.2) is 0 Å². The summed E-state index contributed by atoms with van der Waals surface area (Å²) in [6.07, 6.45) is -4.64. The van der Waals surface area contributed by atoms with Gasteiger partial charge < -0.3 is 19.3 Å². The Balaban J connectivity index is 1.55. The molecule has 0 aliphatic carbocycles. The highest BCUT2D eigenvalue weighted by Gasteiger charge is 2.37. The Labute approximate surface area is 164 Å². The molecule has 29 heavy (non-hydrogen) atoms. The average Bonchev–Trinajstić information content (AvgIpc) is 3.10. The van der Waals surface area contributed by atoms with Crippen molar-refractivity contribution in [3.63, 3.8) is 0 Å². The minimum Gasteiger partial charge on any atom is -0.472 e. The number of aliphatic hydroxyl groups excluding tert-OH is 1. The number of rotatable bonds is 6. The first kappa shape index (κ1) is 20.7. The summed E-state index contributed by atoms with van der Waals surface area (Å²) in [4.78, 5) is 17.5. The number of likely N-dealkylation sites (tertiary alicyclic amines) is 1. The minimum absolute atomic E-state index is 0.0840. The number of carbonyl (C=O) groups is 1. The number of amides is 1. The van der Waals surface area contributed by atoms with Crippen LogP contribution in [0.1, 0.15) is 12.0 Å². The van der Waals surface area contributed by atoms with Crippen LogP contribution in [0.3, 0.4) is 0 Å². The molecule has 2 heterocycles. The Morgan fingerprint density at radius 1 is 1.21 bits per heavy atom. The van der Waals surface area contributed by atoms with Gasteiger partial charge in [-0.2, -0.15) is 0 Å². The summed E-state index contributed by atoms with van der Waals surface area (Å²) in [6, 6.07) is 11.0. The Morgan fingerprint density at radius 3 is 2.59 bits per heavy atom. The smallest absolute Gasteiger partial charge is 0.472 e. The van der Waals surface area contributed by atoms with E-state index in [-0.39, 0.29) is 25.6 Å². The number of carbonyl (C=O) groups excluding carboxylic acids is 1. The van der Waals surface area contributed by atoms with Crippen molar-refractivity contribution in [3.05, 3.63) is 54.2 Å². The van der Waals surface area contributed by atoms with Crippen LogP contribution in [0.4, 0.5) is 18.0 Å². The van der Waals surface area contributed by atoms with Gasteiger partial charge in [0.25, 0.3) is 0 Å². The highest BCUT2D eigenvalue weighted by molar-refractivity contribution is 5.68. The lowest BCUT2D eigenvalue weighted by Crippen LogP contribution is -2.38. The first-order valence-corrected chi connectivity index (χ1v) is 8.80. The molecule has 1 N–H and O–H groups in total. The molecule has 1 amide bonds. The van der Waals surface area contributed by atoms with Crippen LogP contribution in [0.2, 0.25) is 0 Å². The van der Waals surface area contributed by atoms with E-state index in [0.29, 0.717) is 6.42 Å². The second-order valence-electron chi connectivity index (χ2n) is 6.38. The van der Waals surface area contributed by atoms with Crippen molar-refractivity contribution in [2.75, 3.05) is 13.2 Å². The van der Waals surface area contributed by atoms with Crippen LogP contribution in [0.15, 0.2) is 48.7 Å². The summed E-state index contributed by atoms with van der Waals surface area (Å²) >= 11 is 0. The normalized spacial score (nSPS) is 19.1. The van der Waals surface area contributed by atoms with Gasteiger partial charge >= 0.3 is 12.5 Å². The molecule has 0 radical (unpaired) electrons. The molecule has 1 fully saturated rings. The van der Waals surface area contributed by atoms with Crippen LogP contribution in [0.5, 0.6) is 11.6 Å². The average molecular weight is 412 g/mol. The second kappa shape index (κ2) is 8.99. The quantitative estimate of drug-likeness (QED) is 0.785. The van der Waals surface area contributed by atoms with E-state index in [2.05, 4.69) is 9.72 Å². The number of ether oxygens (including phenoxy) is 3. The molecule has 1 saturated heterocycles. The molecule has 1 aromatic carbocycles. The van der Waals surface area contributed by atoms with Crippen molar-refractivity contribution in [2.45, 2.75) is 31.5 Å². The van der Waals surface area contributed by atoms with Crippen LogP contribution in [-0.4, -0.2) is 52.7 Å². The summed E-state index contributed by atoms with van der Waals surface area (Å²) in [5.41, 5.74) is 0.832. The maximum atomic E-state index is 12.4.